The smallest absolute Gasteiger partial charge is 0.349 e. The highest BCUT2D eigenvalue weighted by Crippen LogP contribution is 2.27. The number of carbonyl (C=O) groups is 2. The lowest BCUT2D eigenvalue weighted by molar-refractivity contribution is -0.141. The van der Waals surface area contributed by atoms with Crippen molar-refractivity contribution < 1.29 is 27.1 Å². The Kier molecular flexibility index (Phi) is 5.53. The molecule has 1 aromatic carbocycles. The zero-order chi connectivity index (χ0) is 19.8. The summed E-state index contributed by atoms with van der Waals surface area (Å²) < 4.78 is 42.7. The van der Waals surface area contributed by atoms with E-state index in [0.717, 1.165) is 16.0 Å². The van der Waals surface area contributed by atoms with Gasteiger partial charge in [-0.1, -0.05) is 0 Å². The molecule has 0 saturated carbocycles. The van der Waals surface area contributed by atoms with Gasteiger partial charge in [0.15, 0.2) is 15.9 Å². The largest absolute Gasteiger partial charge is 0.448 e. The number of hydrogen-bond acceptors (Lipinski definition) is 6. The van der Waals surface area contributed by atoms with Crippen molar-refractivity contribution in [1.82, 2.24) is 4.90 Å². The van der Waals surface area contributed by atoms with Crippen LogP contribution in [0.25, 0.3) is 10.1 Å². The number of nitrogens with zero attached hydrogens (tertiary/aromatic N) is 1. The van der Waals surface area contributed by atoms with Gasteiger partial charge >= 0.3 is 5.97 Å². The number of halogens is 1. The second-order valence-corrected chi connectivity index (χ2v) is 9.83. The molecule has 9 heteroatoms. The van der Waals surface area contributed by atoms with E-state index in [1.165, 1.54) is 30.0 Å². The molecule has 0 aliphatic carbocycles. The highest BCUT2D eigenvalue weighted by molar-refractivity contribution is 7.91. The van der Waals surface area contributed by atoms with Crippen LogP contribution in [0.15, 0.2) is 24.3 Å². The summed E-state index contributed by atoms with van der Waals surface area (Å²) in [5.41, 5.74) is 0. The van der Waals surface area contributed by atoms with Crippen LogP contribution in [0.3, 0.4) is 0 Å². The lowest BCUT2D eigenvalue weighted by Gasteiger charge is -2.29. The fourth-order valence-corrected chi connectivity index (χ4v) is 5.89. The number of ether oxygens (including phenoxy) is 1. The van der Waals surface area contributed by atoms with Crippen molar-refractivity contribution in [2.24, 2.45) is 0 Å². The van der Waals surface area contributed by atoms with Crippen molar-refractivity contribution in [2.75, 3.05) is 18.1 Å². The molecule has 0 spiro atoms. The summed E-state index contributed by atoms with van der Waals surface area (Å²) in [6.45, 7) is 3.57. The number of rotatable bonds is 5. The van der Waals surface area contributed by atoms with Crippen LogP contribution in [0.2, 0.25) is 0 Å². The summed E-state index contributed by atoms with van der Waals surface area (Å²) >= 11 is 1.16. The number of benzene rings is 1. The Morgan fingerprint density at radius 1 is 1.37 bits per heavy atom. The monoisotopic (exact) mass is 413 g/mol. The van der Waals surface area contributed by atoms with Gasteiger partial charge in [-0.2, -0.15) is 0 Å². The summed E-state index contributed by atoms with van der Waals surface area (Å²) in [5.74, 6) is -1.47. The van der Waals surface area contributed by atoms with Crippen LogP contribution in [0, 0.1) is 5.82 Å². The molecule has 0 radical (unpaired) electrons. The molecule has 0 unspecified atom stereocenters. The average Bonchev–Trinajstić information content (AvgIpc) is 3.18. The maximum absolute atomic E-state index is 13.3. The molecule has 2 aromatic rings. The molecule has 146 valence electrons. The lowest BCUT2D eigenvalue weighted by Crippen LogP contribution is -2.46. The van der Waals surface area contributed by atoms with E-state index in [1.807, 2.05) is 0 Å². The van der Waals surface area contributed by atoms with E-state index < -0.39 is 33.6 Å². The van der Waals surface area contributed by atoms with Crippen molar-refractivity contribution in [2.45, 2.75) is 32.4 Å². The fraction of sp³-hybridized carbons (Fsp3) is 0.444. The van der Waals surface area contributed by atoms with Gasteiger partial charge < -0.3 is 9.64 Å². The average molecular weight is 413 g/mol. The van der Waals surface area contributed by atoms with Gasteiger partial charge in [0.2, 0.25) is 0 Å². The maximum Gasteiger partial charge on any atom is 0.349 e. The molecule has 2 heterocycles. The SMILES string of the molecule is CCN(C(=O)[C@@H](C)OC(=O)c1cc2cc(F)ccc2s1)[C@H]1CCS(=O)(=O)C1. The van der Waals surface area contributed by atoms with Gasteiger partial charge in [0.05, 0.1) is 11.5 Å². The van der Waals surface area contributed by atoms with Gasteiger partial charge in [0.1, 0.15) is 10.7 Å². The fourth-order valence-electron chi connectivity index (χ4n) is 3.23. The lowest BCUT2D eigenvalue weighted by atomic mass is 10.2. The molecule has 3 rings (SSSR count). The molecule has 2 atom stereocenters. The third-order valence-corrected chi connectivity index (χ3v) is 7.43. The van der Waals surface area contributed by atoms with E-state index in [-0.39, 0.29) is 22.4 Å². The molecule has 1 aromatic heterocycles. The van der Waals surface area contributed by atoms with Crippen LogP contribution in [0.1, 0.15) is 29.9 Å². The zero-order valence-electron chi connectivity index (χ0n) is 15.0. The summed E-state index contributed by atoms with van der Waals surface area (Å²) in [6.07, 6.45) is -0.646. The topological polar surface area (TPSA) is 80.8 Å². The third kappa shape index (κ3) is 4.30. The summed E-state index contributed by atoms with van der Waals surface area (Å²) in [7, 11) is -3.12. The maximum atomic E-state index is 13.3. The molecule has 0 bridgehead atoms. The summed E-state index contributed by atoms with van der Waals surface area (Å²) in [5, 5.41) is 0.595. The van der Waals surface area contributed by atoms with E-state index in [9.17, 15) is 22.4 Å². The number of likely N-dealkylation sites (N-methyl/N-ethyl adjacent to an activating group) is 1. The number of hydrogen-bond donors (Lipinski definition) is 0. The molecule has 1 aliphatic heterocycles. The number of sulfone groups is 1. The number of fused-ring (bicyclic) bond motifs is 1. The van der Waals surface area contributed by atoms with Crippen LogP contribution in [0.5, 0.6) is 0 Å². The molecule has 1 aliphatic rings. The molecule has 6 nitrogen and oxygen atoms in total. The van der Waals surface area contributed by atoms with E-state index in [1.54, 1.807) is 13.0 Å². The first-order valence-electron chi connectivity index (χ1n) is 8.61. The van der Waals surface area contributed by atoms with Crippen LogP contribution in [-0.2, 0) is 19.4 Å². The van der Waals surface area contributed by atoms with E-state index in [2.05, 4.69) is 0 Å². The van der Waals surface area contributed by atoms with Gasteiger partial charge in [0.25, 0.3) is 5.91 Å². The zero-order valence-corrected chi connectivity index (χ0v) is 16.6. The van der Waals surface area contributed by atoms with Crippen LogP contribution >= 0.6 is 11.3 Å². The molecular weight excluding hydrogens is 393 g/mol. The Morgan fingerprint density at radius 3 is 2.74 bits per heavy atom. The van der Waals surface area contributed by atoms with Gasteiger partial charge in [0, 0.05) is 17.3 Å². The highest BCUT2D eigenvalue weighted by atomic mass is 32.2. The van der Waals surface area contributed by atoms with Crippen molar-refractivity contribution in [1.29, 1.82) is 0 Å². The van der Waals surface area contributed by atoms with E-state index >= 15 is 0 Å². The Hall–Kier alpha value is -2.00. The minimum Gasteiger partial charge on any atom is -0.448 e. The first-order valence-corrected chi connectivity index (χ1v) is 11.2. The molecular formula is C18H20FNO5S2. The minimum absolute atomic E-state index is 0.0604. The molecule has 1 fully saturated rings. The number of esters is 1. The molecule has 27 heavy (non-hydrogen) atoms. The number of thiophene rings is 1. The van der Waals surface area contributed by atoms with Crippen molar-refractivity contribution in [3.63, 3.8) is 0 Å². The van der Waals surface area contributed by atoms with Gasteiger partial charge in [-0.25, -0.2) is 17.6 Å². The van der Waals surface area contributed by atoms with Crippen LogP contribution in [-0.4, -0.2) is 55.4 Å². The first kappa shape index (κ1) is 19.8. The quantitative estimate of drug-likeness (QED) is 0.704. The predicted octanol–water partition coefficient (Wildman–Crippen LogP) is 2.62. The third-order valence-electron chi connectivity index (χ3n) is 4.58. The summed E-state index contributed by atoms with van der Waals surface area (Å²) in [6, 6.07) is 5.37. The normalized spacial score (nSPS) is 19.7. The highest BCUT2D eigenvalue weighted by Gasteiger charge is 2.36. The first-order chi connectivity index (χ1) is 12.7. The van der Waals surface area contributed by atoms with E-state index in [0.29, 0.717) is 18.4 Å². The Labute approximate surface area is 160 Å². The molecule has 1 saturated heterocycles. The van der Waals surface area contributed by atoms with Crippen molar-refractivity contribution >= 4 is 43.1 Å². The standard InChI is InChI=1S/C18H20FNO5S2/c1-3-20(14-6-7-27(23,24)10-14)17(21)11(2)25-18(22)16-9-12-8-13(19)4-5-15(12)26-16/h4-5,8-9,11,14H,3,6-7,10H2,1-2H3/t11-,14+/m1/s1. The van der Waals surface area contributed by atoms with Crippen molar-refractivity contribution in [3.05, 3.63) is 35.0 Å². The van der Waals surface area contributed by atoms with Gasteiger partial charge in [-0.3, -0.25) is 4.79 Å². The van der Waals surface area contributed by atoms with Crippen LogP contribution in [0.4, 0.5) is 4.39 Å². The Morgan fingerprint density at radius 2 is 2.11 bits per heavy atom. The molecule has 0 N–H and O–H groups in total. The summed E-state index contributed by atoms with van der Waals surface area (Å²) in [4.78, 5) is 26.8. The molecule has 1 amide bonds. The van der Waals surface area contributed by atoms with Gasteiger partial charge in [-0.15, -0.1) is 11.3 Å². The van der Waals surface area contributed by atoms with E-state index in [4.69, 9.17) is 4.74 Å². The number of carbonyl (C=O) groups excluding carboxylic acids is 2. The van der Waals surface area contributed by atoms with Gasteiger partial charge in [-0.05, 0) is 49.9 Å². The number of amides is 1. The predicted molar refractivity (Wildman–Crippen MR) is 101 cm³/mol. The second-order valence-electron chi connectivity index (χ2n) is 6.52. The Balaban J connectivity index is 1.69. The van der Waals surface area contributed by atoms with Crippen LogP contribution < -0.4 is 0 Å². The minimum atomic E-state index is -3.12. The second kappa shape index (κ2) is 7.55. The Bertz CT molecular complexity index is 985. The van der Waals surface area contributed by atoms with Crippen molar-refractivity contribution in [3.8, 4) is 0 Å².